The van der Waals surface area contributed by atoms with Gasteiger partial charge in [0, 0.05) is 13.1 Å². The molecule has 19 heavy (non-hydrogen) atoms. The summed E-state index contributed by atoms with van der Waals surface area (Å²) in [5.41, 5.74) is 0. The van der Waals surface area contributed by atoms with Crippen molar-refractivity contribution < 1.29 is 9.26 Å². The largest absolute Gasteiger partial charge is 0.367 e. The van der Waals surface area contributed by atoms with E-state index in [9.17, 15) is 0 Å². The first-order valence-electron chi connectivity index (χ1n) is 6.89. The normalized spacial score (nSPS) is 31.1. The molecule has 6 nitrogen and oxygen atoms in total. The molecule has 3 rings (SSSR count). The van der Waals surface area contributed by atoms with Crippen LogP contribution in [0.25, 0.3) is 0 Å². The van der Waals surface area contributed by atoms with E-state index in [0.29, 0.717) is 18.3 Å². The second kappa shape index (κ2) is 5.27. The van der Waals surface area contributed by atoms with E-state index in [0.717, 1.165) is 32.5 Å². The summed E-state index contributed by atoms with van der Waals surface area (Å²) >= 11 is 0. The van der Waals surface area contributed by atoms with Crippen molar-refractivity contribution >= 4 is 0 Å². The van der Waals surface area contributed by atoms with E-state index in [-0.39, 0.29) is 17.9 Å². The zero-order valence-corrected chi connectivity index (χ0v) is 11.1. The van der Waals surface area contributed by atoms with Crippen LogP contribution in [0.2, 0.25) is 0 Å². The Balaban J connectivity index is 1.64. The fraction of sp³-hybridized carbons (Fsp3) is 0.769. The van der Waals surface area contributed by atoms with Crippen molar-refractivity contribution in [3.05, 3.63) is 11.7 Å². The zero-order valence-electron chi connectivity index (χ0n) is 11.1. The third-order valence-corrected chi connectivity index (χ3v) is 3.71. The van der Waals surface area contributed by atoms with Crippen molar-refractivity contribution in [3.63, 3.8) is 0 Å². The van der Waals surface area contributed by atoms with Gasteiger partial charge in [-0.25, -0.2) is 0 Å². The lowest BCUT2D eigenvalue weighted by molar-refractivity contribution is -0.0350. The number of morpholine rings is 1. The van der Waals surface area contributed by atoms with Crippen LogP contribution in [0.4, 0.5) is 0 Å². The molecule has 6 heteroatoms. The maximum atomic E-state index is 8.82. The maximum absolute atomic E-state index is 8.82. The minimum atomic E-state index is -0.0999. The summed E-state index contributed by atoms with van der Waals surface area (Å²) in [6, 6.07) is 2.23. The third kappa shape index (κ3) is 2.62. The van der Waals surface area contributed by atoms with E-state index < -0.39 is 0 Å². The molecular weight excluding hydrogens is 244 g/mol. The molecule has 3 atom stereocenters. The van der Waals surface area contributed by atoms with Crippen LogP contribution in [0.1, 0.15) is 43.5 Å². The summed E-state index contributed by atoms with van der Waals surface area (Å²) in [4.78, 5) is 6.77. The molecular formula is C13H18N4O2. The van der Waals surface area contributed by atoms with E-state index in [1.807, 2.05) is 0 Å². The Bertz CT molecular complexity index is 479. The number of aromatic nitrogens is 2. The first kappa shape index (κ1) is 12.6. The predicted molar refractivity (Wildman–Crippen MR) is 66.2 cm³/mol. The van der Waals surface area contributed by atoms with Crippen LogP contribution >= 0.6 is 0 Å². The molecule has 0 spiro atoms. The van der Waals surface area contributed by atoms with Crippen LogP contribution in [-0.4, -0.2) is 41.3 Å². The summed E-state index contributed by atoms with van der Waals surface area (Å²) in [5, 5.41) is 12.8. The molecule has 1 aliphatic heterocycles. The highest BCUT2D eigenvalue weighted by molar-refractivity contribution is 5.15. The molecule has 2 aliphatic rings. The van der Waals surface area contributed by atoms with E-state index in [4.69, 9.17) is 14.5 Å². The van der Waals surface area contributed by atoms with Crippen molar-refractivity contribution in [3.8, 4) is 6.07 Å². The third-order valence-electron chi connectivity index (χ3n) is 3.71. The van der Waals surface area contributed by atoms with Gasteiger partial charge in [-0.1, -0.05) is 12.1 Å². The number of hydrogen-bond donors (Lipinski definition) is 0. The molecule has 1 saturated carbocycles. The summed E-state index contributed by atoms with van der Waals surface area (Å²) in [6.45, 7) is 5.74. The SMILES string of the molecule is CCCN1CCOC(c2noc(C3CC3C#N)n2)C1. The van der Waals surface area contributed by atoms with E-state index >= 15 is 0 Å². The molecule has 0 amide bonds. The van der Waals surface area contributed by atoms with E-state index in [1.165, 1.54) is 0 Å². The molecule has 0 radical (unpaired) electrons. The fourth-order valence-electron chi connectivity index (χ4n) is 2.52. The highest BCUT2D eigenvalue weighted by Crippen LogP contribution is 2.46. The summed E-state index contributed by atoms with van der Waals surface area (Å²) in [7, 11) is 0. The van der Waals surface area contributed by atoms with E-state index in [1.54, 1.807) is 0 Å². The van der Waals surface area contributed by atoms with Gasteiger partial charge in [-0.15, -0.1) is 0 Å². The van der Waals surface area contributed by atoms with Crippen LogP contribution in [-0.2, 0) is 4.74 Å². The van der Waals surface area contributed by atoms with Crippen molar-refractivity contribution in [2.75, 3.05) is 26.2 Å². The minimum absolute atomic E-state index is 0.0529. The quantitative estimate of drug-likeness (QED) is 0.818. The predicted octanol–water partition coefficient (Wildman–Crippen LogP) is 1.48. The van der Waals surface area contributed by atoms with Gasteiger partial charge in [0.15, 0.2) is 0 Å². The molecule has 102 valence electrons. The Kier molecular flexibility index (Phi) is 3.49. The molecule has 0 bridgehead atoms. The molecule has 0 N–H and O–H groups in total. The van der Waals surface area contributed by atoms with Gasteiger partial charge >= 0.3 is 0 Å². The van der Waals surface area contributed by atoms with Crippen LogP contribution in [0, 0.1) is 17.2 Å². The Morgan fingerprint density at radius 3 is 3.16 bits per heavy atom. The summed E-state index contributed by atoms with van der Waals surface area (Å²) in [5.74, 6) is 1.41. The summed E-state index contributed by atoms with van der Waals surface area (Å²) in [6.07, 6.45) is 1.87. The van der Waals surface area contributed by atoms with Gasteiger partial charge in [-0.2, -0.15) is 10.2 Å². The van der Waals surface area contributed by atoms with Crippen molar-refractivity contribution in [1.29, 1.82) is 5.26 Å². The van der Waals surface area contributed by atoms with Gasteiger partial charge in [-0.3, -0.25) is 4.90 Å². The standard InChI is InChI=1S/C13H18N4O2/c1-2-3-17-4-5-18-11(8-17)12-15-13(19-16-12)10-6-9(10)7-14/h9-11H,2-6,8H2,1H3. The average molecular weight is 262 g/mol. The molecule has 2 fully saturated rings. The van der Waals surface area contributed by atoms with Crippen LogP contribution < -0.4 is 0 Å². The fourth-order valence-corrected chi connectivity index (χ4v) is 2.52. The monoisotopic (exact) mass is 262 g/mol. The first-order chi connectivity index (χ1) is 9.31. The number of nitrogens with zero attached hydrogens (tertiary/aromatic N) is 4. The lowest BCUT2D eigenvalue weighted by Gasteiger charge is -2.30. The number of nitriles is 1. The highest BCUT2D eigenvalue weighted by Gasteiger charge is 2.43. The maximum Gasteiger partial charge on any atom is 0.231 e. The minimum Gasteiger partial charge on any atom is -0.367 e. The Morgan fingerprint density at radius 2 is 2.42 bits per heavy atom. The highest BCUT2D eigenvalue weighted by atomic mass is 16.5. The molecule has 2 heterocycles. The first-order valence-corrected chi connectivity index (χ1v) is 6.89. The van der Waals surface area contributed by atoms with Gasteiger partial charge in [0.05, 0.1) is 24.5 Å². The Morgan fingerprint density at radius 1 is 1.53 bits per heavy atom. The molecule has 1 aromatic rings. The molecule has 1 aromatic heterocycles. The zero-order chi connectivity index (χ0) is 13.2. The lowest BCUT2D eigenvalue weighted by Crippen LogP contribution is -2.39. The van der Waals surface area contributed by atoms with Gasteiger partial charge < -0.3 is 9.26 Å². The van der Waals surface area contributed by atoms with Crippen molar-refractivity contribution in [1.82, 2.24) is 15.0 Å². The Labute approximate surface area is 112 Å². The average Bonchev–Trinajstić information content (AvgIpc) is 3.07. The topological polar surface area (TPSA) is 75.2 Å². The van der Waals surface area contributed by atoms with Crippen LogP contribution in [0.15, 0.2) is 4.52 Å². The lowest BCUT2D eigenvalue weighted by atomic mass is 10.2. The Hall–Kier alpha value is -1.45. The van der Waals surface area contributed by atoms with Crippen LogP contribution in [0.3, 0.4) is 0 Å². The van der Waals surface area contributed by atoms with Crippen molar-refractivity contribution in [2.24, 2.45) is 5.92 Å². The van der Waals surface area contributed by atoms with Gasteiger partial charge in [0.1, 0.15) is 6.10 Å². The second-order valence-electron chi connectivity index (χ2n) is 5.23. The number of ether oxygens (including phenoxy) is 1. The molecule has 0 aromatic carbocycles. The number of hydrogen-bond acceptors (Lipinski definition) is 6. The number of rotatable bonds is 4. The van der Waals surface area contributed by atoms with E-state index in [2.05, 4.69) is 28.0 Å². The molecule has 1 aliphatic carbocycles. The smallest absolute Gasteiger partial charge is 0.231 e. The van der Waals surface area contributed by atoms with Gasteiger partial charge in [0.2, 0.25) is 11.7 Å². The summed E-state index contributed by atoms with van der Waals surface area (Å²) < 4.78 is 11.0. The molecule has 1 saturated heterocycles. The van der Waals surface area contributed by atoms with Crippen LogP contribution in [0.5, 0.6) is 0 Å². The molecule has 3 unspecified atom stereocenters. The van der Waals surface area contributed by atoms with Gasteiger partial charge in [0.25, 0.3) is 0 Å². The van der Waals surface area contributed by atoms with Crippen molar-refractivity contribution in [2.45, 2.75) is 31.8 Å². The van der Waals surface area contributed by atoms with Gasteiger partial charge in [-0.05, 0) is 19.4 Å². The second-order valence-corrected chi connectivity index (χ2v) is 5.23.